The summed E-state index contributed by atoms with van der Waals surface area (Å²) in [6.07, 6.45) is 8.40. The van der Waals surface area contributed by atoms with Crippen LogP contribution in [0.15, 0.2) is 78.7 Å². The van der Waals surface area contributed by atoms with Crippen LogP contribution in [0.25, 0.3) is 33.6 Å². The molecule has 210 valence electrons. The zero-order chi connectivity index (χ0) is 29.1. The quantitative estimate of drug-likeness (QED) is 0.125. The van der Waals surface area contributed by atoms with Gasteiger partial charge in [0.2, 0.25) is 0 Å². The molecule has 5 rings (SSSR count). The van der Waals surface area contributed by atoms with Crippen LogP contribution < -0.4 is 16.8 Å². The van der Waals surface area contributed by atoms with E-state index < -0.39 is 0 Å². The van der Waals surface area contributed by atoms with Crippen molar-refractivity contribution < 1.29 is 0 Å². The van der Waals surface area contributed by atoms with Gasteiger partial charge in [0, 0.05) is 40.4 Å². The van der Waals surface area contributed by atoms with Crippen LogP contribution in [0.1, 0.15) is 56.7 Å². The zero-order valence-corrected chi connectivity index (χ0v) is 23.6. The summed E-state index contributed by atoms with van der Waals surface area (Å²) in [5.74, 6) is 1.37. The first-order valence-electron chi connectivity index (χ1n) is 13.9. The molecule has 3 heterocycles. The topological polar surface area (TPSA) is 143 Å². The van der Waals surface area contributed by atoms with E-state index in [0.717, 1.165) is 71.2 Å². The average molecular weight is 548 g/mol. The first kappa shape index (κ1) is 27.8. The van der Waals surface area contributed by atoms with Crippen molar-refractivity contribution >= 4 is 29.2 Å². The predicted molar refractivity (Wildman–Crippen MR) is 168 cm³/mol. The van der Waals surface area contributed by atoms with Gasteiger partial charge >= 0.3 is 0 Å². The SMILES string of the molecule is C=C(NC1CCC(C)CC(c2nc3c(-c4ccc(-c5ccccc5)nc4)cnn3c(N)c2C(=C)C)C1)C(N)=NC=N. The molecular formula is C32H37N9. The molecule has 3 unspecified atom stereocenters. The van der Waals surface area contributed by atoms with Gasteiger partial charge in [-0.05, 0) is 50.2 Å². The molecule has 1 aromatic carbocycles. The largest absolute Gasteiger partial charge is 0.383 e. The second-order valence-electron chi connectivity index (χ2n) is 10.9. The minimum atomic E-state index is 0.119. The maximum atomic E-state index is 7.22. The fourth-order valence-corrected chi connectivity index (χ4v) is 5.77. The van der Waals surface area contributed by atoms with Crippen LogP contribution in [0.4, 0.5) is 5.82 Å². The van der Waals surface area contributed by atoms with E-state index in [9.17, 15) is 0 Å². The Bertz CT molecular complexity index is 1620. The third kappa shape index (κ3) is 5.75. The molecular weight excluding hydrogens is 510 g/mol. The van der Waals surface area contributed by atoms with Crippen LogP contribution >= 0.6 is 0 Å². The predicted octanol–water partition coefficient (Wildman–Crippen LogP) is 5.80. The molecule has 1 fully saturated rings. The Morgan fingerprint density at radius 1 is 1.10 bits per heavy atom. The number of aliphatic imine (C=N–C) groups is 1. The Labute approximate surface area is 240 Å². The fraction of sp³-hybridized carbons (Fsp3) is 0.281. The number of fused-ring (bicyclic) bond motifs is 1. The van der Waals surface area contributed by atoms with Gasteiger partial charge in [0.15, 0.2) is 5.65 Å². The van der Waals surface area contributed by atoms with Crippen molar-refractivity contribution in [2.45, 2.75) is 51.5 Å². The number of rotatable bonds is 8. The third-order valence-electron chi connectivity index (χ3n) is 7.82. The summed E-state index contributed by atoms with van der Waals surface area (Å²) in [4.78, 5) is 13.8. The molecule has 0 bridgehead atoms. The number of nitrogen functional groups attached to an aromatic ring is 1. The summed E-state index contributed by atoms with van der Waals surface area (Å²) < 4.78 is 1.71. The van der Waals surface area contributed by atoms with Crippen molar-refractivity contribution in [2.75, 3.05) is 5.73 Å². The highest BCUT2D eigenvalue weighted by atomic mass is 15.3. The second-order valence-corrected chi connectivity index (χ2v) is 10.9. The van der Waals surface area contributed by atoms with Crippen LogP contribution in [-0.2, 0) is 0 Å². The molecule has 0 spiro atoms. The number of nitrogens with one attached hydrogen (secondary N) is 2. The van der Waals surface area contributed by atoms with Crippen LogP contribution in [0, 0.1) is 11.3 Å². The van der Waals surface area contributed by atoms with E-state index in [1.165, 1.54) is 0 Å². The molecule has 0 radical (unpaired) electrons. The Morgan fingerprint density at radius 3 is 2.56 bits per heavy atom. The number of anilines is 1. The fourth-order valence-electron chi connectivity index (χ4n) is 5.77. The van der Waals surface area contributed by atoms with Gasteiger partial charge in [0.25, 0.3) is 0 Å². The van der Waals surface area contributed by atoms with Crippen LogP contribution in [0.2, 0.25) is 0 Å². The Balaban J connectivity index is 1.55. The van der Waals surface area contributed by atoms with Crippen molar-refractivity contribution in [1.29, 1.82) is 5.41 Å². The van der Waals surface area contributed by atoms with E-state index in [2.05, 4.69) is 41.6 Å². The zero-order valence-electron chi connectivity index (χ0n) is 23.6. The first-order valence-corrected chi connectivity index (χ1v) is 13.9. The summed E-state index contributed by atoms with van der Waals surface area (Å²) in [6.45, 7) is 12.5. The lowest BCUT2D eigenvalue weighted by molar-refractivity contribution is 0.463. The molecule has 1 saturated carbocycles. The highest BCUT2D eigenvalue weighted by Crippen LogP contribution is 2.40. The number of allylic oxidation sites excluding steroid dienone is 1. The standard InChI is InChI=1S/C32H37N9/c1-19(2)28-29(24-14-20(3)10-12-25(15-24)39-21(4)30(34)37-18-33)40-32-26(17-38-41(32)31(28)35)23-11-13-27(36-16-23)22-8-6-5-7-9-22/h5-9,11,13,16-18,20,24-25,39H,1,4,10,12,14-15,35H2,2-3H3,(H3,33,34,37). The molecule has 1 aliphatic carbocycles. The second kappa shape index (κ2) is 11.8. The number of amidine groups is 1. The first-order chi connectivity index (χ1) is 19.8. The van der Waals surface area contributed by atoms with Crippen LogP contribution in [-0.4, -0.2) is 37.8 Å². The molecule has 0 aliphatic heterocycles. The van der Waals surface area contributed by atoms with Crippen LogP contribution in [0.3, 0.4) is 0 Å². The average Bonchev–Trinajstić information content (AvgIpc) is 3.31. The van der Waals surface area contributed by atoms with Crippen LogP contribution in [0.5, 0.6) is 0 Å². The van der Waals surface area contributed by atoms with E-state index in [1.54, 1.807) is 10.7 Å². The van der Waals surface area contributed by atoms with Gasteiger partial charge in [-0.1, -0.05) is 56.5 Å². The molecule has 4 aromatic rings. The maximum Gasteiger partial charge on any atom is 0.165 e. The Hall–Kier alpha value is -4.79. The molecule has 0 saturated heterocycles. The molecule has 9 heteroatoms. The van der Waals surface area contributed by atoms with Crippen molar-refractivity contribution in [3.63, 3.8) is 0 Å². The molecule has 9 nitrogen and oxygen atoms in total. The highest BCUT2D eigenvalue weighted by Gasteiger charge is 2.30. The summed E-state index contributed by atoms with van der Waals surface area (Å²) in [5, 5.41) is 15.3. The smallest absolute Gasteiger partial charge is 0.165 e. The number of hydrogen-bond donors (Lipinski definition) is 4. The monoisotopic (exact) mass is 547 g/mol. The normalized spacial score (nSPS) is 19.5. The van der Waals surface area contributed by atoms with E-state index in [4.69, 9.17) is 26.8 Å². The summed E-state index contributed by atoms with van der Waals surface area (Å²) in [6, 6.07) is 14.3. The molecule has 6 N–H and O–H groups in total. The van der Waals surface area contributed by atoms with E-state index in [1.807, 2.05) is 49.5 Å². The number of hydrogen-bond acceptors (Lipinski definition) is 6. The van der Waals surface area contributed by atoms with Gasteiger partial charge in [0.05, 0.1) is 23.3 Å². The summed E-state index contributed by atoms with van der Waals surface area (Å²) in [5.41, 5.74) is 20.4. The van der Waals surface area contributed by atoms with Gasteiger partial charge in [-0.15, -0.1) is 0 Å². The van der Waals surface area contributed by atoms with Gasteiger partial charge in [-0.2, -0.15) is 9.61 Å². The van der Waals surface area contributed by atoms with E-state index >= 15 is 0 Å². The summed E-state index contributed by atoms with van der Waals surface area (Å²) in [7, 11) is 0. The molecule has 3 aromatic heterocycles. The van der Waals surface area contributed by atoms with Crippen molar-refractivity contribution in [1.82, 2.24) is 24.9 Å². The lowest BCUT2D eigenvalue weighted by atomic mass is 9.87. The number of aromatic nitrogens is 4. The number of nitrogens with two attached hydrogens (primary N) is 2. The van der Waals surface area contributed by atoms with E-state index in [0.29, 0.717) is 23.1 Å². The Kier molecular flexibility index (Phi) is 7.96. The molecule has 0 amide bonds. The molecule has 3 atom stereocenters. The van der Waals surface area contributed by atoms with Gasteiger partial charge in [0.1, 0.15) is 18.0 Å². The highest BCUT2D eigenvalue weighted by molar-refractivity contribution is 5.99. The maximum absolute atomic E-state index is 7.22. The van der Waals surface area contributed by atoms with Gasteiger partial charge in [-0.3, -0.25) is 10.4 Å². The number of pyridine rings is 1. The minimum Gasteiger partial charge on any atom is -0.383 e. The minimum absolute atomic E-state index is 0.119. The molecule has 41 heavy (non-hydrogen) atoms. The lowest BCUT2D eigenvalue weighted by Gasteiger charge is -2.25. The number of nitrogens with zero attached hydrogens (tertiary/aromatic N) is 5. The lowest BCUT2D eigenvalue weighted by Crippen LogP contribution is -2.35. The van der Waals surface area contributed by atoms with Crippen molar-refractivity contribution in [3.05, 3.63) is 85.0 Å². The third-order valence-corrected chi connectivity index (χ3v) is 7.82. The van der Waals surface area contributed by atoms with Gasteiger partial charge < -0.3 is 16.8 Å². The molecule has 1 aliphatic rings. The van der Waals surface area contributed by atoms with Gasteiger partial charge in [-0.25, -0.2) is 9.98 Å². The van der Waals surface area contributed by atoms with Crippen molar-refractivity contribution in [2.24, 2.45) is 16.6 Å². The van der Waals surface area contributed by atoms with E-state index in [-0.39, 0.29) is 17.8 Å². The summed E-state index contributed by atoms with van der Waals surface area (Å²) >= 11 is 0. The van der Waals surface area contributed by atoms with Crippen molar-refractivity contribution in [3.8, 4) is 22.4 Å². The number of benzene rings is 1. The Morgan fingerprint density at radius 2 is 1.88 bits per heavy atom.